The number of hydrogen-bond acceptors (Lipinski definition) is 4. The third kappa shape index (κ3) is 3.77. The second-order valence-corrected chi connectivity index (χ2v) is 4.82. The van der Waals surface area contributed by atoms with Crippen LogP contribution in [0.15, 0.2) is 10.7 Å². The number of aromatic nitrogens is 2. The Morgan fingerprint density at radius 2 is 2.29 bits per heavy atom. The summed E-state index contributed by atoms with van der Waals surface area (Å²) in [6.45, 7) is 5.56. The molecule has 1 rings (SSSR count). The molecule has 1 atom stereocenters. The Hall–Kier alpha value is -0.430. The molecule has 0 amide bonds. The number of methoxy groups -OCH3 is 1. The van der Waals surface area contributed by atoms with Crippen molar-refractivity contribution in [3.63, 3.8) is 0 Å². The van der Waals surface area contributed by atoms with Gasteiger partial charge >= 0.3 is 0 Å². The molecule has 1 N–H and O–H groups in total. The highest BCUT2D eigenvalue weighted by molar-refractivity contribution is 9.10. The lowest BCUT2D eigenvalue weighted by atomic mass is 10.0. The number of nitrogens with zero attached hydrogens (tertiary/aromatic N) is 2. The first-order valence-electron chi connectivity index (χ1n) is 5.53. The molecule has 0 aliphatic rings. The molecule has 1 aromatic heterocycles. The standard InChI is InChI=1S/C11H19BrN2O3/c1-4-17-8-11(2,15)10-9(12)7-13-14(10)5-6-16-3/h7,15H,4-6,8H2,1-3H3. The second kappa shape index (κ2) is 6.49. The van der Waals surface area contributed by atoms with Crippen LogP contribution >= 0.6 is 15.9 Å². The van der Waals surface area contributed by atoms with Gasteiger partial charge in [-0.2, -0.15) is 5.10 Å². The normalized spacial score (nSPS) is 14.9. The molecule has 0 spiro atoms. The van der Waals surface area contributed by atoms with Gasteiger partial charge in [0, 0.05) is 13.7 Å². The molecule has 0 aliphatic heterocycles. The van der Waals surface area contributed by atoms with Crippen LogP contribution in [0, 0.1) is 0 Å². The molecule has 0 saturated heterocycles. The average Bonchev–Trinajstić information content (AvgIpc) is 2.66. The first kappa shape index (κ1) is 14.6. The molecule has 0 aliphatic carbocycles. The van der Waals surface area contributed by atoms with Gasteiger partial charge in [0.1, 0.15) is 5.60 Å². The fourth-order valence-corrected chi connectivity index (χ4v) is 2.34. The first-order valence-corrected chi connectivity index (χ1v) is 6.33. The highest BCUT2D eigenvalue weighted by Gasteiger charge is 2.30. The van der Waals surface area contributed by atoms with Gasteiger partial charge < -0.3 is 14.6 Å². The molecule has 5 nitrogen and oxygen atoms in total. The largest absolute Gasteiger partial charge is 0.383 e. The minimum atomic E-state index is -1.07. The van der Waals surface area contributed by atoms with E-state index in [4.69, 9.17) is 9.47 Å². The fraction of sp³-hybridized carbons (Fsp3) is 0.727. The van der Waals surface area contributed by atoms with Crippen molar-refractivity contribution in [3.05, 3.63) is 16.4 Å². The van der Waals surface area contributed by atoms with Crippen molar-refractivity contribution in [3.8, 4) is 0 Å². The van der Waals surface area contributed by atoms with Crippen molar-refractivity contribution in [1.29, 1.82) is 0 Å². The molecule has 0 bridgehead atoms. The first-order chi connectivity index (χ1) is 8.03. The van der Waals surface area contributed by atoms with Crippen LogP contribution in [0.5, 0.6) is 0 Å². The maximum absolute atomic E-state index is 10.4. The Bertz CT molecular complexity index is 352. The number of ether oxygens (including phenoxy) is 2. The predicted octanol–water partition coefficient (Wildman–Crippen LogP) is 1.54. The third-order valence-corrected chi connectivity index (χ3v) is 2.98. The minimum absolute atomic E-state index is 0.237. The molecular formula is C11H19BrN2O3. The van der Waals surface area contributed by atoms with Crippen LogP contribution in [0.25, 0.3) is 0 Å². The summed E-state index contributed by atoms with van der Waals surface area (Å²) >= 11 is 3.40. The zero-order valence-corrected chi connectivity index (χ0v) is 12.0. The van der Waals surface area contributed by atoms with Gasteiger partial charge in [0.15, 0.2) is 0 Å². The summed E-state index contributed by atoms with van der Waals surface area (Å²) in [5, 5.41) is 14.6. The average molecular weight is 307 g/mol. The van der Waals surface area contributed by atoms with Gasteiger partial charge in [0.25, 0.3) is 0 Å². The summed E-state index contributed by atoms with van der Waals surface area (Å²) in [7, 11) is 1.64. The van der Waals surface area contributed by atoms with Crippen molar-refractivity contribution in [1.82, 2.24) is 9.78 Å². The number of rotatable bonds is 7. The smallest absolute Gasteiger partial charge is 0.128 e. The molecule has 1 unspecified atom stereocenters. The van der Waals surface area contributed by atoms with E-state index in [0.717, 1.165) is 4.47 Å². The van der Waals surface area contributed by atoms with Gasteiger partial charge in [-0.1, -0.05) is 0 Å². The van der Waals surface area contributed by atoms with E-state index < -0.39 is 5.60 Å². The van der Waals surface area contributed by atoms with Gasteiger partial charge in [0.2, 0.25) is 0 Å². The lowest BCUT2D eigenvalue weighted by Gasteiger charge is -2.24. The van der Waals surface area contributed by atoms with Crippen LogP contribution < -0.4 is 0 Å². The Labute approximate surface area is 110 Å². The third-order valence-electron chi connectivity index (χ3n) is 2.40. The highest BCUT2D eigenvalue weighted by atomic mass is 79.9. The lowest BCUT2D eigenvalue weighted by Crippen LogP contribution is -2.32. The molecule has 0 fully saturated rings. The van der Waals surface area contributed by atoms with E-state index in [2.05, 4.69) is 21.0 Å². The lowest BCUT2D eigenvalue weighted by molar-refractivity contribution is -0.0410. The topological polar surface area (TPSA) is 56.5 Å². The van der Waals surface area contributed by atoms with E-state index in [-0.39, 0.29) is 6.61 Å². The Kier molecular flexibility index (Phi) is 5.58. The summed E-state index contributed by atoms with van der Waals surface area (Å²) in [6, 6.07) is 0. The maximum Gasteiger partial charge on any atom is 0.128 e. The second-order valence-electron chi connectivity index (χ2n) is 3.97. The zero-order valence-electron chi connectivity index (χ0n) is 10.4. The van der Waals surface area contributed by atoms with Crippen LogP contribution in [0.3, 0.4) is 0 Å². The van der Waals surface area contributed by atoms with Crippen molar-refractivity contribution in [2.24, 2.45) is 0 Å². The molecule has 1 aromatic rings. The Morgan fingerprint density at radius 3 is 2.88 bits per heavy atom. The summed E-state index contributed by atoms with van der Waals surface area (Å²) in [4.78, 5) is 0. The molecule has 0 aromatic carbocycles. The molecule has 17 heavy (non-hydrogen) atoms. The molecule has 6 heteroatoms. The van der Waals surface area contributed by atoms with Crippen LogP contribution in [0.2, 0.25) is 0 Å². The summed E-state index contributed by atoms with van der Waals surface area (Å²) in [5.41, 5.74) is -0.359. The van der Waals surface area contributed by atoms with E-state index in [1.807, 2.05) is 6.92 Å². The van der Waals surface area contributed by atoms with Crippen molar-refractivity contribution in [2.75, 3.05) is 26.9 Å². The van der Waals surface area contributed by atoms with Gasteiger partial charge in [-0.15, -0.1) is 0 Å². The minimum Gasteiger partial charge on any atom is -0.383 e. The van der Waals surface area contributed by atoms with Crippen LogP contribution in [0.4, 0.5) is 0 Å². The zero-order chi connectivity index (χ0) is 12.9. The molecular weight excluding hydrogens is 288 g/mol. The quantitative estimate of drug-likeness (QED) is 0.830. The van der Waals surface area contributed by atoms with Crippen LogP contribution in [-0.4, -0.2) is 41.8 Å². The monoisotopic (exact) mass is 306 g/mol. The Morgan fingerprint density at radius 1 is 1.59 bits per heavy atom. The van der Waals surface area contributed by atoms with Crippen molar-refractivity contribution >= 4 is 15.9 Å². The maximum atomic E-state index is 10.4. The molecule has 0 saturated carbocycles. The number of aliphatic hydroxyl groups is 1. The summed E-state index contributed by atoms with van der Waals surface area (Å²) < 4.78 is 12.8. The SMILES string of the molecule is CCOCC(C)(O)c1c(Br)cnn1CCOC. The summed E-state index contributed by atoms with van der Waals surface area (Å²) in [6.07, 6.45) is 1.67. The van der Waals surface area contributed by atoms with Crippen molar-refractivity contribution < 1.29 is 14.6 Å². The predicted molar refractivity (Wildman–Crippen MR) is 67.9 cm³/mol. The van der Waals surface area contributed by atoms with Gasteiger partial charge in [-0.25, -0.2) is 0 Å². The molecule has 98 valence electrons. The van der Waals surface area contributed by atoms with Gasteiger partial charge in [-0.3, -0.25) is 4.68 Å². The number of hydrogen-bond donors (Lipinski definition) is 1. The highest BCUT2D eigenvalue weighted by Crippen LogP contribution is 2.28. The summed E-state index contributed by atoms with van der Waals surface area (Å²) in [5.74, 6) is 0. The van der Waals surface area contributed by atoms with Gasteiger partial charge in [-0.05, 0) is 29.8 Å². The van der Waals surface area contributed by atoms with E-state index in [1.54, 1.807) is 24.9 Å². The van der Waals surface area contributed by atoms with Crippen LogP contribution in [-0.2, 0) is 21.6 Å². The number of halogens is 1. The van der Waals surface area contributed by atoms with Gasteiger partial charge in [0.05, 0.1) is 36.1 Å². The molecule has 1 heterocycles. The van der Waals surface area contributed by atoms with E-state index in [9.17, 15) is 5.11 Å². The fourth-order valence-electron chi connectivity index (χ4n) is 1.61. The molecule has 0 radical (unpaired) electrons. The Balaban J connectivity index is 2.89. The van der Waals surface area contributed by atoms with E-state index >= 15 is 0 Å². The van der Waals surface area contributed by atoms with Crippen molar-refractivity contribution in [2.45, 2.75) is 26.0 Å². The van der Waals surface area contributed by atoms with E-state index in [1.165, 1.54) is 0 Å². The van der Waals surface area contributed by atoms with E-state index in [0.29, 0.717) is 25.5 Å². The van der Waals surface area contributed by atoms with Crippen LogP contribution in [0.1, 0.15) is 19.5 Å².